The summed E-state index contributed by atoms with van der Waals surface area (Å²) < 4.78 is 38.5. The van der Waals surface area contributed by atoms with Crippen molar-refractivity contribution >= 4 is 12.2 Å². The molecule has 0 bridgehead atoms. The number of imidazole rings is 1. The zero-order valence-electron chi connectivity index (χ0n) is 10.2. The molecule has 1 aromatic heterocycles. The number of halogens is 3. The van der Waals surface area contributed by atoms with Crippen LogP contribution in [0.15, 0.2) is 6.20 Å². The van der Waals surface area contributed by atoms with E-state index in [0.29, 0.717) is 11.3 Å². The first-order valence-corrected chi connectivity index (χ1v) is 5.87. The van der Waals surface area contributed by atoms with E-state index in [-0.39, 0.29) is 11.8 Å². The minimum atomic E-state index is -4.10. The maximum atomic E-state index is 12.1. The largest absolute Gasteiger partial charge is 0.389 e. The normalized spacial score (nSPS) is 13.1. The van der Waals surface area contributed by atoms with Gasteiger partial charge in [-0.15, -0.1) is 0 Å². The van der Waals surface area contributed by atoms with E-state index in [9.17, 15) is 13.2 Å². The van der Waals surface area contributed by atoms with Crippen LogP contribution in [0.2, 0.25) is 0 Å². The standard InChI is InChI=1S/C11H17F3N2S/c1-10(2,3)8-7-15-9(17)16(8)6-4-5-11(12,13)14/h7H,4-6H2,1-3H3,(H,15,17). The molecule has 0 aliphatic rings. The van der Waals surface area contributed by atoms with Crippen LogP contribution in [-0.4, -0.2) is 15.7 Å². The van der Waals surface area contributed by atoms with E-state index in [1.165, 1.54) is 0 Å². The van der Waals surface area contributed by atoms with Gasteiger partial charge in [0.1, 0.15) is 0 Å². The number of nitrogens with one attached hydrogen (secondary N) is 1. The van der Waals surface area contributed by atoms with E-state index >= 15 is 0 Å². The SMILES string of the molecule is CC(C)(C)c1c[nH]c(=S)n1CCCC(F)(F)F. The Balaban J connectivity index is 2.78. The number of rotatable bonds is 3. The monoisotopic (exact) mass is 266 g/mol. The lowest BCUT2D eigenvalue weighted by Crippen LogP contribution is -2.18. The highest BCUT2D eigenvalue weighted by Crippen LogP contribution is 2.25. The second kappa shape index (κ2) is 4.84. The molecule has 17 heavy (non-hydrogen) atoms. The van der Waals surface area contributed by atoms with Gasteiger partial charge in [-0.3, -0.25) is 0 Å². The van der Waals surface area contributed by atoms with Crippen LogP contribution in [0, 0.1) is 4.77 Å². The first-order chi connectivity index (χ1) is 7.61. The Labute approximate surface area is 104 Å². The first-order valence-electron chi connectivity index (χ1n) is 5.47. The van der Waals surface area contributed by atoms with Gasteiger partial charge in [0.25, 0.3) is 0 Å². The van der Waals surface area contributed by atoms with Crippen molar-refractivity contribution in [2.45, 2.75) is 51.7 Å². The number of H-pyrrole nitrogens is 1. The van der Waals surface area contributed by atoms with E-state index in [0.717, 1.165) is 5.69 Å². The van der Waals surface area contributed by atoms with E-state index in [1.54, 1.807) is 10.8 Å². The molecule has 0 aromatic carbocycles. The van der Waals surface area contributed by atoms with Crippen molar-refractivity contribution in [1.82, 2.24) is 9.55 Å². The average Bonchev–Trinajstić information content (AvgIpc) is 2.45. The fourth-order valence-corrected chi connectivity index (χ4v) is 1.92. The summed E-state index contributed by atoms with van der Waals surface area (Å²) in [5, 5.41) is 0. The summed E-state index contributed by atoms with van der Waals surface area (Å²) in [7, 11) is 0. The van der Waals surface area contributed by atoms with Crippen LogP contribution in [0.3, 0.4) is 0 Å². The highest BCUT2D eigenvalue weighted by Gasteiger charge is 2.26. The predicted octanol–water partition coefficient (Wildman–Crippen LogP) is 4.19. The summed E-state index contributed by atoms with van der Waals surface area (Å²) in [4.78, 5) is 2.89. The van der Waals surface area contributed by atoms with Gasteiger partial charge in [-0.2, -0.15) is 13.2 Å². The molecule has 0 atom stereocenters. The fourth-order valence-electron chi connectivity index (χ4n) is 1.68. The van der Waals surface area contributed by atoms with E-state index < -0.39 is 12.6 Å². The minimum Gasteiger partial charge on any atom is -0.337 e. The molecule has 0 fully saturated rings. The van der Waals surface area contributed by atoms with Gasteiger partial charge < -0.3 is 9.55 Å². The van der Waals surface area contributed by atoms with Crippen LogP contribution in [0.4, 0.5) is 13.2 Å². The molecule has 1 rings (SSSR count). The predicted molar refractivity (Wildman–Crippen MR) is 63.6 cm³/mol. The average molecular weight is 266 g/mol. The molecular formula is C11H17F3N2S. The first kappa shape index (κ1) is 14.3. The smallest absolute Gasteiger partial charge is 0.337 e. The van der Waals surface area contributed by atoms with E-state index in [2.05, 4.69) is 4.98 Å². The van der Waals surface area contributed by atoms with Crippen LogP contribution in [-0.2, 0) is 12.0 Å². The number of aromatic nitrogens is 2. The highest BCUT2D eigenvalue weighted by atomic mass is 32.1. The molecule has 98 valence electrons. The molecule has 0 saturated heterocycles. The number of aromatic amines is 1. The maximum Gasteiger partial charge on any atom is 0.389 e. The Hall–Kier alpha value is -0.780. The van der Waals surface area contributed by atoms with Crippen LogP contribution in [0.25, 0.3) is 0 Å². The van der Waals surface area contributed by atoms with Crippen molar-refractivity contribution < 1.29 is 13.2 Å². The zero-order chi connectivity index (χ0) is 13.3. The van der Waals surface area contributed by atoms with Crippen molar-refractivity contribution in [3.63, 3.8) is 0 Å². The van der Waals surface area contributed by atoms with Crippen molar-refractivity contribution in [2.75, 3.05) is 0 Å². The summed E-state index contributed by atoms with van der Waals surface area (Å²) in [6, 6.07) is 0. The fraction of sp³-hybridized carbons (Fsp3) is 0.727. The molecule has 0 aliphatic carbocycles. The van der Waals surface area contributed by atoms with Gasteiger partial charge in [-0.25, -0.2) is 0 Å². The number of alkyl halides is 3. The minimum absolute atomic E-state index is 0.0543. The van der Waals surface area contributed by atoms with Gasteiger partial charge in [0.2, 0.25) is 0 Å². The Morgan fingerprint density at radius 3 is 2.35 bits per heavy atom. The van der Waals surface area contributed by atoms with Gasteiger partial charge in [-0.05, 0) is 18.6 Å². The number of hydrogen-bond acceptors (Lipinski definition) is 1. The molecule has 1 heterocycles. The van der Waals surface area contributed by atoms with Crippen LogP contribution >= 0.6 is 12.2 Å². The molecule has 0 radical (unpaired) electrons. The molecule has 1 aromatic rings. The molecular weight excluding hydrogens is 249 g/mol. The van der Waals surface area contributed by atoms with Gasteiger partial charge in [0.05, 0.1) is 0 Å². The molecule has 1 N–H and O–H groups in total. The van der Waals surface area contributed by atoms with Crippen molar-refractivity contribution in [2.24, 2.45) is 0 Å². The lowest BCUT2D eigenvalue weighted by Gasteiger charge is -2.20. The lowest BCUT2D eigenvalue weighted by atomic mass is 9.92. The molecule has 0 saturated carbocycles. The summed E-state index contributed by atoms with van der Waals surface area (Å²) in [5.74, 6) is 0. The summed E-state index contributed by atoms with van der Waals surface area (Å²) in [5.41, 5.74) is 0.802. The Morgan fingerprint density at radius 1 is 1.29 bits per heavy atom. The topological polar surface area (TPSA) is 20.7 Å². The molecule has 0 unspecified atom stereocenters. The van der Waals surface area contributed by atoms with Crippen LogP contribution < -0.4 is 0 Å². The second-order valence-electron chi connectivity index (χ2n) is 5.10. The lowest BCUT2D eigenvalue weighted by molar-refractivity contribution is -0.135. The third kappa shape index (κ3) is 4.18. The molecule has 0 aliphatic heterocycles. The maximum absolute atomic E-state index is 12.1. The van der Waals surface area contributed by atoms with Crippen molar-refractivity contribution in [1.29, 1.82) is 0 Å². The zero-order valence-corrected chi connectivity index (χ0v) is 11.0. The molecule has 2 nitrogen and oxygen atoms in total. The third-order valence-corrected chi connectivity index (χ3v) is 2.82. The molecule has 0 spiro atoms. The Morgan fingerprint density at radius 2 is 1.88 bits per heavy atom. The quantitative estimate of drug-likeness (QED) is 0.814. The molecule has 6 heteroatoms. The summed E-state index contributed by atoms with van der Waals surface area (Å²) in [6.45, 7) is 6.32. The summed E-state index contributed by atoms with van der Waals surface area (Å²) >= 11 is 5.07. The van der Waals surface area contributed by atoms with Gasteiger partial charge >= 0.3 is 6.18 Å². The highest BCUT2D eigenvalue weighted by molar-refractivity contribution is 7.71. The number of nitrogens with zero attached hydrogens (tertiary/aromatic N) is 1. The summed E-state index contributed by atoms with van der Waals surface area (Å²) in [6.07, 6.45) is -3.04. The van der Waals surface area contributed by atoms with Crippen LogP contribution in [0.1, 0.15) is 39.3 Å². The van der Waals surface area contributed by atoms with E-state index in [4.69, 9.17) is 12.2 Å². The van der Waals surface area contributed by atoms with E-state index in [1.807, 2.05) is 20.8 Å². The van der Waals surface area contributed by atoms with Crippen LogP contribution in [0.5, 0.6) is 0 Å². The van der Waals surface area contributed by atoms with Gasteiger partial charge in [-0.1, -0.05) is 20.8 Å². The second-order valence-corrected chi connectivity index (χ2v) is 5.49. The Bertz CT molecular complexity index is 423. The van der Waals surface area contributed by atoms with Crippen molar-refractivity contribution in [3.05, 3.63) is 16.7 Å². The Kier molecular flexibility index (Phi) is 4.06. The third-order valence-electron chi connectivity index (χ3n) is 2.48. The molecule has 0 amide bonds. The van der Waals surface area contributed by atoms with Crippen molar-refractivity contribution in [3.8, 4) is 0 Å². The number of hydrogen-bond donors (Lipinski definition) is 1. The van der Waals surface area contributed by atoms with Gasteiger partial charge in [0, 0.05) is 30.3 Å². The van der Waals surface area contributed by atoms with Gasteiger partial charge in [0.15, 0.2) is 4.77 Å².